The summed E-state index contributed by atoms with van der Waals surface area (Å²) in [6, 6.07) is 21.7. The van der Waals surface area contributed by atoms with Gasteiger partial charge in [0.15, 0.2) is 0 Å². The monoisotopic (exact) mass is 742 g/mol. The Kier molecular flexibility index (Phi) is 15.0. The van der Waals surface area contributed by atoms with Crippen LogP contribution >= 0.6 is 0 Å². The largest absolute Gasteiger partial charge is 0.453 e. The molecule has 0 spiro atoms. The Balaban J connectivity index is 1.59. The van der Waals surface area contributed by atoms with Crippen LogP contribution in [0.15, 0.2) is 78.9 Å². The molecule has 0 radical (unpaired) electrons. The van der Waals surface area contributed by atoms with Gasteiger partial charge in [-0.15, -0.1) is 0 Å². The van der Waals surface area contributed by atoms with Crippen molar-refractivity contribution >= 4 is 23.9 Å². The number of aliphatic hydroxyl groups is 1. The molecule has 1 aliphatic heterocycles. The van der Waals surface area contributed by atoms with Crippen LogP contribution in [-0.2, 0) is 33.7 Å². The summed E-state index contributed by atoms with van der Waals surface area (Å²) in [5, 5.41) is 20.9. The number of carbonyl (C=O) groups is 4. The first-order valence-corrected chi connectivity index (χ1v) is 18.9. The van der Waals surface area contributed by atoms with Crippen molar-refractivity contribution in [3.8, 4) is 0 Å². The molecule has 4 rings (SSSR count). The third-order valence-electron chi connectivity index (χ3n) is 10.1. The lowest BCUT2D eigenvalue weighted by Gasteiger charge is -2.35. The maximum absolute atomic E-state index is 14.4. The van der Waals surface area contributed by atoms with Crippen LogP contribution < -0.4 is 16.0 Å². The lowest BCUT2D eigenvalue weighted by Crippen LogP contribution is -2.58. The van der Waals surface area contributed by atoms with E-state index in [1.54, 1.807) is 9.80 Å². The minimum absolute atomic E-state index is 0.0986. The number of hydrogen-bond donors (Lipinski definition) is 4. The number of benzene rings is 2. The Morgan fingerprint density at radius 2 is 1.50 bits per heavy atom. The van der Waals surface area contributed by atoms with E-state index >= 15 is 0 Å². The van der Waals surface area contributed by atoms with Crippen molar-refractivity contribution in [1.82, 2.24) is 30.7 Å². The number of nitrogens with one attached hydrogen (secondary N) is 3. The summed E-state index contributed by atoms with van der Waals surface area (Å²) >= 11 is 0. The number of aliphatic hydroxyl groups excluding tert-OH is 1. The Hall–Kier alpha value is -4.97. The summed E-state index contributed by atoms with van der Waals surface area (Å²) in [6.07, 6.45) is -0.346. The van der Waals surface area contributed by atoms with Gasteiger partial charge in [0.25, 0.3) is 0 Å². The Labute approximate surface area is 320 Å². The zero-order valence-corrected chi connectivity index (χ0v) is 32.7. The molecule has 12 heteroatoms. The second-order valence-electron chi connectivity index (χ2n) is 15.4. The fourth-order valence-corrected chi connectivity index (χ4v) is 6.92. The fourth-order valence-electron chi connectivity index (χ4n) is 6.92. The molecule has 54 heavy (non-hydrogen) atoms. The molecule has 2 heterocycles. The molecule has 3 aromatic rings. The van der Waals surface area contributed by atoms with E-state index in [1.807, 2.05) is 120 Å². The van der Waals surface area contributed by atoms with Gasteiger partial charge < -0.3 is 35.6 Å². The summed E-state index contributed by atoms with van der Waals surface area (Å²) in [7, 11) is 1.24. The SMILES string of the molecule is CCC(C)[C@@H](C(=O)N[C@@H](Cc1ccccc1)[C@@H](O)C[C@H](Cc1ccccc1)NC(=O)[C@@H](NC(=O)OC)C(C)(C)C)N1CCN(Cc2cccc(C)n2)C1=O. The van der Waals surface area contributed by atoms with Gasteiger partial charge in [-0.2, -0.15) is 0 Å². The number of ether oxygens (including phenoxy) is 1. The van der Waals surface area contributed by atoms with E-state index in [0.717, 1.165) is 22.5 Å². The predicted octanol–water partition coefficient (Wildman–Crippen LogP) is 5.02. The number of amides is 5. The molecule has 1 aromatic heterocycles. The maximum atomic E-state index is 14.4. The molecule has 12 nitrogen and oxygen atoms in total. The number of alkyl carbamates (subject to hydrolysis) is 1. The van der Waals surface area contributed by atoms with Crippen molar-refractivity contribution in [1.29, 1.82) is 0 Å². The van der Waals surface area contributed by atoms with Gasteiger partial charge in [-0.25, -0.2) is 9.59 Å². The summed E-state index contributed by atoms with van der Waals surface area (Å²) in [5.41, 5.74) is 2.86. The maximum Gasteiger partial charge on any atom is 0.407 e. The van der Waals surface area contributed by atoms with Crippen LogP contribution in [0.1, 0.15) is 70.0 Å². The molecule has 0 saturated carbocycles. The van der Waals surface area contributed by atoms with Crippen molar-refractivity contribution in [2.45, 2.75) is 104 Å². The Morgan fingerprint density at radius 1 is 0.870 bits per heavy atom. The van der Waals surface area contributed by atoms with Crippen molar-refractivity contribution in [3.05, 3.63) is 101 Å². The third kappa shape index (κ3) is 11.8. The predicted molar refractivity (Wildman–Crippen MR) is 208 cm³/mol. The molecule has 1 unspecified atom stereocenters. The van der Waals surface area contributed by atoms with E-state index in [0.29, 0.717) is 38.9 Å². The second-order valence-corrected chi connectivity index (χ2v) is 15.4. The molecule has 6 atom stereocenters. The van der Waals surface area contributed by atoms with Gasteiger partial charge in [0, 0.05) is 24.8 Å². The molecule has 0 aliphatic carbocycles. The zero-order valence-electron chi connectivity index (χ0n) is 32.7. The van der Waals surface area contributed by atoms with Gasteiger partial charge in [-0.3, -0.25) is 14.6 Å². The van der Waals surface area contributed by atoms with Gasteiger partial charge in [-0.1, -0.05) is 108 Å². The minimum Gasteiger partial charge on any atom is -0.453 e. The number of pyridine rings is 1. The highest BCUT2D eigenvalue weighted by molar-refractivity contribution is 5.88. The van der Waals surface area contributed by atoms with Gasteiger partial charge in [0.05, 0.1) is 31.5 Å². The van der Waals surface area contributed by atoms with E-state index in [2.05, 4.69) is 20.9 Å². The molecule has 4 N–H and O–H groups in total. The number of hydrogen-bond acceptors (Lipinski definition) is 7. The Morgan fingerprint density at radius 3 is 2.07 bits per heavy atom. The number of methoxy groups -OCH3 is 1. The average molecular weight is 743 g/mol. The molecular weight excluding hydrogens is 684 g/mol. The standard InChI is InChI=1S/C42H58N6O6/c1-8-28(2)36(48-23-22-47(41(48)53)27-32-21-15-16-29(3)43-32)38(50)45-34(25-31-19-13-10-14-20-31)35(49)26-33(24-30-17-11-9-12-18-30)44-39(51)37(42(4,5)6)46-40(52)54-7/h9-21,28,33-37,49H,8,22-27H2,1-7H3,(H,44,51)(H,45,50)(H,46,52)/t28?,33-,34-,35-,36-,37+/m0/s1. The first-order chi connectivity index (χ1) is 25.7. The minimum atomic E-state index is -1.10. The van der Waals surface area contributed by atoms with Crippen LogP contribution in [-0.4, -0.2) is 94.3 Å². The van der Waals surface area contributed by atoms with Crippen LogP contribution in [0.25, 0.3) is 0 Å². The van der Waals surface area contributed by atoms with Crippen LogP contribution in [0.3, 0.4) is 0 Å². The summed E-state index contributed by atoms with van der Waals surface area (Å²) in [6.45, 7) is 12.6. The van der Waals surface area contributed by atoms with Gasteiger partial charge in [-0.05, 0) is 60.8 Å². The zero-order chi connectivity index (χ0) is 39.4. The lowest BCUT2D eigenvalue weighted by molar-refractivity contribution is -0.129. The van der Waals surface area contributed by atoms with Gasteiger partial charge in [0.1, 0.15) is 12.1 Å². The highest BCUT2D eigenvalue weighted by atomic mass is 16.5. The molecular formula is C42H58N6O6. The lowest BCUT2D eigenvalue weighted by atomic mass is 9.85. The number of carbonyl (C=O) groups excluding carboxylic acids is 4. The highest BCUT2D eigenvalue weighted by Crippen LogP contribution is 2.24. The highest BCUT2D eigenvalue weighted by Gasteiger charge is 2.41. The van der Waals surface area contributed by atoms with E-state index in [9.17, 15) is 24.3 Å². The summed E-state index contributed by atoms with van der Waals surface area (Å²) < 4.78 is 4.80. The van der Waals surface area contributed by atoms with Gasteiger partial charge >= 0.3 is 12.1 Å². The first-order valence-electron chi connectivity index (χ1n) is 18.9. The van der Waals surface area contributed by atoms with Gasteiger partial charge in [0.2, 0.25) is 11.8 Å². The van der Waals surface area contributed by atoms with Crippen molar-refractivity contribution in [3.63, 3.8) is 0 Å². The molecule has 1 saturated heterocycles. The van der Waals surface area contributed by atoms with E-state index in [-0.39, 0.29) is 24.3 Å². The first kappa shape index (κ1) is 41.8. The summed E-state index contributed by atoms with van der Waals surface area (Å²) in [4.78, 5) is 62.2. The average Bonchev–Trinajstić information content (AvgIpc) is 3.48. The van der Waals surface area contributed by atoms with Crippen molar-refractivity contribution in [2.75, 3.05) is 20.2 Å². The third-order valence-corrected chi connectivity index (χ3v) is 10.1. The number of aromatic nitrogens is 1. The molecule has 0 bridgehead atoms. The molecule has 5 amide bonds. The number of aryl methyl sites for hydroxylation is 1. The van der Waals surface area contributed by atoms with E-state index in [4.69, 9.17) is 4.74 Å². The second kappa shape index (κ2) is 19.4. The van der Waals surface area contributed by atoms with Crippen molar-refractivity contribution < 1.29 is 29.0 Å². The molecule has 1 aliphatic rings. The Bertz CT molecular complexity index is 1680. The van der Waals surface area contributed by atoms with E-state index < -0.39 is 47.7 Å². The molecule has 2 aromatic carbocycles. The summed E-state index contributed by atoms with van der Waals surface area (Å²) in [5.74, 6) is -0.923. The van der Waals surface area contributed by atoms with E-state index in [1.165, 1.54) is 7.11 Å². The van der Waals surface area contributed by atoms with Crippen LogP contribution in [0.4, 0.5) is 9.59 Å². The fraction of sp³-hybridized carbons (Fsp3) is 0.500. The quantitative estimate of drug-likeness (QED) is 0.152. The smallest absolute Gasteiger partial charge is 0.407 e. The number of urea groups is 1. The number of nitrogens with zero attached hydrogens (tertiary/aromatic N) is 3. The van der Waals surface area contributed by atoms with Crippen LogP contribution in [0, 0.1) is 18.3 Å². The number of rotatable bonds is 17. The normalized spacial score (nSPS) is 16.5. The molecule has 1 fully saturated rings. The van der Waals surface area contributed by atoms with Crippen molar-refractivity contribution in [2.24, 2.45) is 11.3 Å². The topological polar surface area (TPSA) is 153 Å². The molecule has 292 valence electrons. The van der Waals surface area contributed by atoms with Crippen LogP contribution in [0.2, 0.25) is 0 Å². The van der Waals surface area contributed by atoms with Crippen LogP contribution in [0.5, 0.6) is 0 Å².